The summed E-state index contributed by atoms with van der Waals surface area (Å²) in [5.74, 6) is 2.55. The lowest BCUT2D eigenvalue weighted by molar-refractivity contribution is -0.122. The molecule has 1 aromatic heterocycles. The number of aromatic nitrogens is 2. The second-order valence-corrected chi connectivity index (χ2v) is 8.37. The van der Waals surface area contributed by atoms with Crippen molar-refractivity contribution in [3.05, 3.63) is 35.0 Å². The quantitative estimate of drug-likeness (QED) is 0.641. The van der Waals surface area contributed by atoms with Crippen LogP contribution in [0.1, 0.15) is 34.5 Å². The summed E-state index contributed by atoms with van der Waals surface area (Å²) in [7, 11) is 3.06. The number of rotatable bonds is 8. The third-order valence-electron chi connectivity index (χ3n) is 5.35. The minimum Gasteiger partial charge on any atom is -0.497 e. The van der Waals surface area contributed by atoms with Crippen molar-refractivity contribution in [3.63, 3.8) is 0 Å². The van der Waals surface area contributed by atoms with Crippen molar-refractivity contribution in [2.24, 2.45) is 0 Å². The monoisotopic (exact) mass is 446 g/mol. The molecule has 0 aliphatic carbocycles. The zero-order chi connectivity index (χ0) is 21.8. The van der Waals surface area contributed by atoms with E-state index in [0.717, 1.165) is 42.2 Å². The fourth-order valence-electron chi connectivity index (χ4n) is 3.71. The van der Waals surface area contributed by atoms with Crippen molar-refractivity contribution < 1.29 is 23.8 Å². The van der Waals surface area contributed by atoms with E-state index in [9.17, 15) is 9.59 Å². The largest absolute Gasteiger partial charge is 0.497 e. The summed E-state index contributed by atoms with van der Waals surface area (Å²) in [5, 5.41) is 10.4. The molecule has 0 unspecified atom stereocenters. The molecule has 1 atom stereocenters. The number of hydrogen-bond donors (Lipinski definition) is 2. The topological polar surface area (TPSA) is 104 Å². The number of hydrogen-bond acceptors (Lipinski definition) is 7. The van der Waals surface area contributed by atoms with E-state index in [1.165, 1.54) is 7.11 Å². The highest BCUT2D eigenvalue weighted by Crippen LogP contribution is 2.35. The molecule has 10 heteroatoms. The van der Waals surface area contributed by atoms with Gasteiger partial charge in [-0.25, -0.2) is 4.68 Å². The Kier molecular flexibility index (Phi) is 6.67. The summed E-state index contributed by atoms with van der Waals surface area (Å²) in [6.07, 6.45) is 2.05. The standard InChI is InChI=1S/C21H26N4O5S/c1-28-13-5-6-15(18(8-13)29-2)21(27)23-20-16-11-31-12-17(16)24-25(20)10-19(26)22-9-14-4-3-7-30-14/h5-6,8,14H,3-4,7,9-12H2,1-2H3,(H,22,26)(H,23,27)/t14-/m0/s1. The molecule has 0 spiro atoms. The number of ether oxygens (including phenoxy) is 3. The fourth-order valence-corrected chi connectivity index (χ4v) is 4.74. The maximum Gasteiger partial charge on any atom is 0.260 e. The number of anilines is 1. The highest BCUT2D eigenvalue weighted by atomic mass is 32.2. The van der Waals surface area contributed by atoms with E-state index >= 15 is 0 Å². The lowest BCUT2D eigenvalue weighted by Crippen LogP contribution is -2.34. The van der Waals surface area contributed by atoms with Crippen LogP contribution in [0, 0.1) is 0 Å². The summed E-state index contributed by atoms with van der Waals surface area (Å²) < 4.78 is 17.7. The predicted octanol–water partition coefficient (Wildman–Crippen LogP) is 2.19. The molecule has 2 amide bonds. The molecule has 0 radical (unpaired) electrons. The van der Waals surface area contributed by atoms with Crippen LogP contribution < -0.4 is 20.1 Å². The van der Waals surface area contributed by atoms with E-state index in [2.05, 4.69) is 15.7 Å². The molecule has 2 aromatic rings. The first-order chi connectivity index (χ1) is 15.1. The Balaban J connectivity index is 1.50. The predicted molar refractivity (Wildman–Crippen MR) is 117 cm³/mol. The first kappa shape index (κ1) is 21.5. The third kappa shape index (κ3) is 4.80. The van der Waals surface area contributed by atoms with Crippen LogP contribution in [0.25, 0.3) is 0 Å². The van der Waals surface area contributed by atoms with Gasteiger partial charge < -0.3 is 24.8 Å². The molecule has 2 aliphatic rings. The zero-order valence-electron chi connectivity index (χ0n) is 17.6. The Hall–Kier alpha value is -2.72. The molecule has 9 nitrogen and oxygen atoms in total. The van der Waals surface area contributed by atoms with E-state index < -0.39 is 0 Å². The van der Waals surface area contributed by atoms with Gasteiger partial charge in [-0.15, -0.1) is 0 Å². The van der Waals surface area contributed by atoms with E-state index in [1.807, 2.05) is 0 Å². The Morgan fingerprint density at radius 1 is 1.29 bits per heavy atom. The van der Waals surface area contributed by atoms with Gasteiger partial charge in [-0.3, -0.25) is 9.59 Å². The number of methoxy groups -OCH3 is 2. The van der Waals surface area contributed by atoms with Crippen LogP contribution in [-0.2, 0) is 27.6 Å². The van der Waals surface area contributed by atoms with Gasteiger partial charge in [0, 0.05) is 36.3 Å². The highest BCUT2D eigenvalue weighted by Gasteiger charge is 2.26. The van der Waals surface area contributed by atoms with E-state index in [-0.39, 0.29) is 24.5 Å². The molecule has 3 heterocycles. The molecule has 1 aromatic carbocycles. The average Bonchev–Trinajstić information content (AvgIpc) is 3.52. The smallest absolute Gasteiger partial charge is 0.260 e. The van der Waals surface area contributed by atoms with Gasteiger partial charge in [0.25, 0.3) is 5.91 Å². The summed E-state index contributed by atoms with van der Waals surface area (Å²) in [6.45, 7) is 1.26. The van der Waals surface area contributed by atoms with Crippen molar-refractivity contribution in [1.29, 1.82) is 0 Å². The number of amides is 2. The molecule has 0 bridgehead atoms. The van der Waals surface area contributed by atoms with E-state index in [4.69, 9.17) is 14.2 Å². The fraction of sp³-hybridized carbons (Fsp3) is 0.476. The van der Waals surface area contributed by atoms with Gasteiger partial charge in [0.2, 0.25) is 5.91 Å². The Morgan fingerprint density at radius 3 is 2.90 bits per heavy atom. The highest BCUT2D eigenvalue weighted by molar-refractivity contribution is 7.98. The number of carbonyl (C=O) groups is 2. The molecular weight excluding hydrogens is 420 g/mol. The van der Waals surface area contributed by atoms with Gasteiger partial charge in [-0.05, 0) is 25.0 Å². The molecule has 166 valence electrons. The zero-order valence-corrected chi connectivity index (χ0v) is 18.4. The minimum atomic E-state index is -0.333. The first-order valence-electron chi connectivity index (χ1n) is 10.2. The van der Waals surface area contributed by atoms with Gasteiger partial charge in [-0.2, -0.15) is 16.9 Å². The van der Waals surface area contributed by atoms with Gasteiger partial charge in [0.15, 0.2) is 0 Å². The number of benzene rings is 1. The second kappa shape index (κ2) is 9.61. The van der Waals surface area contributed by atoms with Gasteiger partial charge in [0.05, 0.1) is 31.6 Å². The number of carbonyl (C=O) groups excluding carboxylic acids is 2. The molecule has 2 aliphatic heterocycles. The lowest BCUT2D eigenvalue weighted by atomic mass is 10.1. The van der Waals surface area contributed by atoms with Crippen molar-refractivity contribution >= 4 is 29.4 Å². The SMILES string of the molecule is COc1ccc(C(=O)Nc2c3c(nn2CC(=O)NC[C@@H]2CCCO2)CSC3)c(OC)c1. The van der Waals surface area contributed by atoms with Crippen LogP contribution in [0.4, 0.5) is 5.82 Å². The Bertz CT molecular complexity index is 971. The van der Waals surface area contributed by atoms with Crippen LogP contribution in [0.15, 0.2) is 18.2 Å². The molecule has 1 saturated heterocycles. The minimum absolute atomic E-state index is 0.0275. The molecule has 4 rings (SSSR count). The maximum atomic E-state index is 13.0. The van der Waals surface area contributed by atoms with Crippen LogP contribution >= 0.6 is 11.8 Å². The van der Waals surface area contributed by atoms with Crippen LogP contribution in [0.3, 0.4) is 0 Å². The average molecular weight is 447 g/mol. The van der Waals surface area contributed by atoms with Gasteiger partial charge in [-0.1, -0.05) is 0 Å². The Labute approximate surface area is 184 Å². The number of fused-ring (bicyclic) bond motifs is 1. The van der Waals surface area contributed by atoms with Crippen molar-refractivity contribution in [3.8, 4) is 11.5 Å². The summed E-state index contributed by atoms with van der Waals surface area (Å²) >= 11 is 1.73. The molecule has 2 N–H and O–H groups in total. The normalized spacial score (nSPS) is 17.3. The van der Waals surface area contributed by atoms with Crippen molar-refractivity contribution in [2.45, 2.75) is 37.0 Å². The van der Waals surface area contributed by atoms with Gasteiger partial charge >= 0.3 is 0 Å². The number of thioether (sulfide) groups is 1. The summed E-state index contributed by atoms with van der Waals surface area (Å²) in [6, 6.07) is 5.01. The first-order valence-corrected chi connectivity index (χ1v) is 11.3. The van der Waals surface area contributed by atoms with E-state index in [0.29, 0.717) is 29.4 Å². The molecule has 1 fully saturated rings. The van der Waals surface area contributed by atoms with Crippen molar-refractivity contribution in [2.75, 3.05) is 32.7 Å². The summed E-state index contributed by atoms with van der Waals surface area (Å²) in [4.78, 5) is 25.5. The van der Waals surface area contributed by atoms with Crippen LogP contribution in [-0.4, -0.2) is 55.1 Å². The lowest BCUT2D eigenvalue weighted by Gasteiger charge is -2.14. The van der Waals surface area contributed by atoms with E-state index in [1.54, 1.807) is 41.8 Å². The van der Waals surface area contributed by atoms with Gasteiger partial charge in [0.1, 0.15) is 23.9 Å². The van der Waals surface area contributed by atoms with Crippen molar-refractivity contribution in [1.82, 2.24) is 15.1 Å². The molecule has 31 heavy (non-hydrogen) atoms. The molecule has 0 saturated carbocycles. The second-order valence-electron chi connectivity index (χ2n) is 7.38. The number of nitrogens with zero attached hydrogens (tertiary/aromatic N) is 2. The van der Waals surface area contributed by atoms with Crippen LogP contribution in [0.2, 0.25) is 0 Å². The Morgan fingerprint density at radius 2 is 2.16 bits per heavy atom. The third-order valence-corrected chi connectivity index (χ3v) is 6.32. The number of nitrogens with one attached hydrogen (secondary N) is 2. The molecular formula is C21H26N4O5S. The maximum absolute atomic E-state index is 13.0. The summed E-state index contributed by atoms with van der Waals surface area (Å²) in [5.41, 5.74) is 2.23. The van der Waals surface area contributed by atoms with Crippen LogP contribution in [0.5, 0.6) is 11.5 Å².